The number of carbonyl (C=O) groups excluding carboxylic acids is 1. The van der Waals surface area contributed by atoms with Gasteiger partial charge in [0.15, 0.2) is 0 Å². The molecule has 0 aromatic rings. The van der Waals surface area contributed by atoms with E-state index in [9.17, 15) is 9.59 Å². The van der Waals surface area contributed by atoms with Crippen molar-refractivity contribution < 1.29 is 19.4 Å². The Kier molecular flexibility index (Phi) is 6.24. The lowest BCUT2D eigenvalue weighted by molar-refractivity contribution is -0.139. The number of ether oxygens (including phenoxy) is 1. The van der Waals surface area contributed by atoms with Gasteiger partial charge in [-0.15, -0.1) is 0 Å². The van der Waals surface area contributed by atoms with Crippen LogP contribution in [0.2, 0.25) is 0 Å². The number of carboxylic acid groups (broad SMARTS) is 1. The predicted molar refractivity (Wildman–Crippen MR) is 77.3 cm³/mol. The molecule has 4 heteroatoms. The first kappa shape index (κ1) is 16.7. The normalized spacial score (nSPS) is 23.8. The zero-order valence-corrected chi connectivity index (χ0v) is 12.7. The van der Waals surface area contributed by atoms with E-state index in [1.165, 1.54) is 25.7 Å². The first-order valence-corrected chi connectivity index (χ1v) is 7.37. The second-order valence-corrected chi connectivity index (χ2v) is 6.71. The smallest absolute Gasteiger partial charge is 0.331 e. The maximum absolute atomic E-state index is 11.2. The summed E-state index contributed by atoms with van der Waals surface area (Å²) in [5.41, 5.74) is 0.388. The van der Waals surface area contributed by atoms with Crippen LogP contribution in [0.1, 0.15) is 52.9 Å². The van der Waals surface area contributed by atoms with Crippen LogP contribution in [-0.2, 0) is 14.3 Å². The van der Waals surface area contributed by atoms with Crippen molar-refractivity contribution in [3.05, 3.63) is 12.2 Å². The van der Waals surface area contributed by atoms with Crippen LogP contribution in [0.3, 0.4) is 0 Å². The maximum atomic E-state index is 11.2. The van der Waals surface area contributed by atoms with Crippen LogP contribution in [-0.4, -0.2) is 23.7 Å². The molecule has 0 aliphatic heterocycles. The molecule has 1 rings (SSSR count). The molecular weight excluding hydrogens is 256 g/mol. The molecule has 114 valence electrons. The van der Waals surface area contributed by atoms with Gasteiger partial charge in [-0.2, -0.15) is 0 Å². The molecule has 0 amide bonds. The van der Waals surface area contributed by atoms with Crippen LogP contribution in [0.5, 0.6) is 0 Å². The third-order valence-electron chi connectivity index (χ3n) is 4.20. The lowest BCUT2D eigenvalue weighted by atomic mass is 9.69. The van der Waals surface area contributed by atoms with Gasteiger partial charge in [-0.3, -0.25) is 0 Å². The molecule has 0 atom stereocenters. The zero-order chi connectivity index (χ0) is 15.2. The molecule has 1 aliphatic carbocycles. The Balaban J connectivity index is 2.19. The van der Waals surface area contributed by atoms with Gasteiger partial charge in [-0.25, -0.2) is 9.59 Å². The van der Waals surface area contributed by atoms with E-state index in [0.29, 0.717) is 17.9 Å². The molecule has 0 unspecified atom stereocenters. The lowest BCUT2D eigenvalue weighted by Gasteiger charge is -2.36. The van der Waals surface area contributed by atoms with Crippen molar-refractivity contribution >= 4 is 11.9 Å². The largest absolute Gasteiger partial charge is 0.478 e. The van der Waals surface area contributed by atoms with Crippen LogP contribution < -0.4 is 0 Å². The van der Waals surface area contributed by atoms with E-state index >= 15 is 0 Å². The van der Waals surface area contributed by atoms with Gasteiger partial charge in [0.1, 0.15) is 0 Å². The van der Waals surface area contributed by atoms with E-state index < -0.39 is 11.9 Å². The Morgan fingerprint density at radius 2 is 1.75 bits per heavy atom. The Morgan fingerprint density at radius 1 is 1.15 bits per heavy atom. The SMILES string of the molecule is CC(C)(C)C1CCC(CCOC(=O)/C=C/C(=O)O)CC1. The molecule has 0 heterocycles. The Labute approximate surface area is 121 Å². The highest BCUT2D eigenvalue weighted by Gasteiger charge is 2.29. The van der Waals surface area contributed by atoms with Crippen molar-refractivity contribution in [2.45, 2.75) is 52.9 Å². The summed E-state index contributed by atoms with van der Waals surface area (Å²) in [5.74, 6) is -0.289. The first-order valence-electron chi connectivity index (χ1n) is 7.37. The number of hydrogen-bond acceptors (Lipinski definition) is 3. The lowest BCUT2D eigenvalue weighted by Crippen LogP contribution is -2.26. The van der Waals surface area contributed by atoms with Gasteiger partial charge in [-0.05, 0) is 36.5 Å². The molecule has 1 saturated carbocycles. The van der Waals surface area contributed by atoms with Gasteiger partial charge < -0.3 is 9.84 Å². The molecule has 0 saturated heterocycles. The highest BCUT2D eigenvalue weighted by Crippen LogP contribution is 2.40. The molecule has 4 nitrogen and oxygen atoms in total. The summed E-state index contributed by atoms with van der Waals surface area (Å²) < 4.78 is 5.00. The number of hydrogen-bond donors (Lipinski definition) is 1. The number of carbonyl (C=O) groups is 2. The van der Waals surface area contributed by atoms with Crippen molar-refractivity contribution in [2.24, 2.45) is 17.3 Å². The molecule has 1 N–H and O–H groups in total. The minimum Gasteiger partial charge on any atom is -0.478 e. The van der Waals surface area contributed by atoms with Gasteiger partial charge >= 0.3 is 11.9 Å². The Bertz CT molecular complexity index is 357. The number of esters is 1. The van der Waals surface area contributed by atoms with E-state index in [1.54, 1.807) is 0 Å². The first-order chi connectivity index (χ1) is 9.29. The predicted octanol–water partition coefficient (Wildman–Crippen LogP) is 3.41. The minimum atomic E-state index is -1.14. The second kappa shape index (κ2) is 7.46. The van der Waals surface area contributed by atoms with Gasteiger partial charge in [-0.1, -0.05) is 33.6 Å². The van der Waals surface area contributed by atoms with Crippen molar-refractivity contribution in [3.8, 4) is 0 Å². The summed E-state index contributed by atoms with van der Waals surface area (Å²) >= 11 is 0. The molecule has 0 aromatic heterocycles. The summed E-state index contributed by atoms with van der Waals surface area (Å²) in [5, 5.41) is 8.39. The molecule has 0 spiro atoms. The summed E-state index contributed by atoms with van der Waals surface area (Å²) in [6.07, 6.45) is 7.54. The van der Waals surface area contributed by atoms with E-state index in [-0.39, 0.29) is 0 Å². The fraction of sp³-hybridized carbons (Fsp3) is 0.750. The molecule has 1 aliphatic rings. The number of aliphatic carboxylic acids is 1. The van der Waals surface area contributed by atoms with E-state index in [4.69, 9.17) is 9.84 Å². The van der Waals surface area contributed by atoms with E-state index in [2.05, 4.69) is 20.8 Å². The third-order valence-corrected chi connectivity index (χ3v) is 4.20. The summed E-state index contributed by atoms with van der Waals surface area (Å²) in [4.78, 5) is 21.4. The number of rotatable bonds is 5. The van der Waals surface area contributed by atoms with Crippen LogP contribution in [0.4, 0.5) is 0 Å². The van der Waals surface area contributed by atoms with Crippen molar-refractivity contribution in [1.29, 1.82) is 0 Å². The zero-order valence-electron chi connectivity index (χ0n) is 12.7. The van der Waals surface area contributed by atoms with Crippen LogP contribution >= 0.6 is 0 Å². The fourth-order valence-corrected chi connectivity index (χ4v) is 2.83. The van der Waals surface area contributed by atoms with Gasteiger partial charge in [0.05, 0.1) is 6.61 Å². The maximum Gasteiger partial charge on any atom is 0.331 e. The quantitative estimate of drug-likeness (QED) is 0.620. The van der Waals surface area contributed by atoms with E-state index in [0.717, 1.165) is 24.5 Å². The van der Waals surface area contributed by atoms with Gasteiger partial charge in [0.2, 0.25) is 0 Å². The average molecular weight is 282 g/mol. The highest BCUT2D eigenvalue weighted by molar-refractivity contribution is 5.90. The molecule has 0 bridgehead atoms. The summed E-state index contributed by atoms with van der Waals surface area (Å²) in [6, 6.07) is 0. The fourth-order valence-electron chi connectivity index (χ4n) is 2.83. The van der Waals surface area contributed by atoms with Crippen LogP contribution in [0, 0.1) is 17.3 Å². The van der Waals surface area contributed by atoms with Crippen molar-refractivity contribution in [3.63, 3.8) is 0 Å². The van der Waals surface area contributed by atoms with Gasteiger partial charge in [0, 0.05) is 12.2 Å². The summed E-state index contributed by atoms with van der Waals surface area (Å²) in [6.45, 7) is 7.28. The highest BCUT2D eigenvalue weighted by atomic mass is 16.5. The minimum absolute atomic E-state index is 0.383. The van der Waals surface area contributed by atoms with Crippen LogP contribution in [0.15, 0.2) is 12.2 Å². The topological polar surface area (TPSA) is 63.6 Å². The van der Waals surface area contributed by atoms with Crippen molar-refractivity contribution in [1.82, 2.24) is 0 Å². The standard InChI is InChI=1S/C16H26O4/c1-16(2,3)13-6-4-12(5-7-13)10-11-20-15(19)9-8-14(17)18/h8-9,12-13H,4-7,10-11H2,1-3H3,(H,17,18)/b9-8+. The molecule has 1 fully saturated rings. The Morgan fingerprint density at radius 3 is 2.25 bits per heavy atom. The van der Waals surface area contributed by atoms with E-state index in [1.807, 2.05) is 0 Å². The monoisotopic (exact) mass is 282 g/mol. The Hall–Kier alpha value is -1.32. The molecular formula is C16H26O4. The summed E-state index contributed by atoms with van der Waals surface area (Å²) in [7, 11) is 0. The number of carboxylic acids is 1. The van der Waals surface area contributed by atoms with Crippen LogP contribution in [0.25, 0.3) is 0 Å². The molecule has 20 heavy (non-hydrogen) atoms. The van der Waals surface area contributed by atoms with Gasteiger partial charge in [0.25, 0.3) is 0 Å². The third kappa shape index (κ3) is 6.22. The second-order valence-electron chi connectivity index (χ2n) is 6.71. The van der Waals surface area contributed by atoms with Crippen molar-refractivity contribution in [2.75, 3.05) is 6.61 Å². The molecule has 0 aromatic carbocycles. The average Bonchev–Trinajstić information content (AvgIpc) is 2.36. The molecule has 0 radical (unpaired) electrons.